The lowest BCUT2D eigenvalue weighted by atomic mass is 10.1. The van der Waals surface area contributed by atoms with Crippen molar-refractivity contribution in [3.05, 3.63) is 46.4 Å². The van der Waals surface area contributed by atoms with E-state index >= 15 is 0 Å². The van der Waals surface area contributed by atoms with Crippen molar-refractivity contribution in [2.24, 2.45) is 0 Å². The van der Waals surface area contributed by atoms with Gasteiger partial charge in [-0.1, -0.05) is 28.9 Å². The van der Waals surface area contributed by atoms with Crippen LogP contribution in [-0.4, -0.2) is 4.98 Å². The Morgan fingerprint density at radius 1 is 1.26 bits per heavy atom. The first kappa shape index (κ1) is 12.2. The van der Waals surface area contributed by atoms with Crippen LogP contribution in [0.3, 0.4) is 0 Å². The third-order valence-electron chi connectivity index (χ3n) is 3.04. The number of nitrogens with zero attached hydrogens (tertiary/aromatic N) is 1. The number of aryl methyl sites for hydroxylation is 1. The SMILES string of the molecule is CCc1cc(N)cc2nc(-c3cccc(Br)c3)oc12. The second-order valence-corrected chi connectivity index (χ2v) is 5.33. The van der Waals surface area contributed by atoms with E-state index in [1.807, 2.05) is 36.4 Å². The highest BCUT2D eigenvalue weighted by Gasteiger charge is 2.12. The van der Waals surface area contributed by atoms with Crippen LogP contribution in [0.25, 0.3) is 22.6 Å². The molecule has 19 heavy (non-hydrogen) atoms. The predicted molar refractivity (Wildman–Crippen MR) is 80.9 cm³/mol. The summed E-state index contributed by atoms with van der Waals surface area (Å²) in [5.74, 6) is 0.622. The summed E-state index contributed by atoms with van der Waals surface area (Å²) in [4.78, 5) is 4.53. The van der Waals surface area contributed by atoms with Crippen LogP contribution in [-0.2, 0) is 6.42 Å². The van der Waals surface area contributed by atoms with Crippen molar-refractivity contribution in [3.63, 3.8) is 0 Å². The Bertz CT molecular complexity index is 749. The Kier molecular flexibility index (Phi) is 3.03. The van der Waals surface area contributed by atoms with Crippen molar-refractivity contribution in [1.82, 2.24) is 4.98 Å². The van der Waals surface area contributed by atoms with Crippen molar-refractivity contribution in [2.45, 2.75) is 13.3 Å². The van der Waals surface area contributed by atoms with E-state index in [0.29, 0.717) is 5.89 Å². The van der Waals surface area contributed by atoms with E-state index < -0.39 is 0 Å². The van der Waals surface area contributed by atoms with Gasteiger partial charge in [-0.3, -0.25) is 0 Å². The maximum absolute atomic E-state index is 5.90. The number of oxazole rings is 1. The fraction of sp³-hybridized carbons (Fsp3) is 0.133. The second-order valence-electron chi connectivity index (χ2n) is 4.41. The topological polar surface area (TPSA) is 52.0 Å². The third kappa shape index (κ3) is 2.24. The lowest BCUT2D eigenvalue weighted by molar-refractivity contribution is 0.615. The van der Waals surface area contributed by atoms with E-state index in [1.54, 1.807) is 0 Å². The van der Waals surface area contributed by atoms with Crippen molar-refractivity contribution in [1.29, 1.82) is 0 Å². The monoisotopic (exact) mass is 316 g/mol. The molecule has 0 aliphatic heterocycles. The van der Waals surface area contributed by atoms with E-state index in [0.717, 1.165) is 38.8 Å². The molecule has 3 rings (SSSR count). The Labute approximate surface area is 119 Å². The third-order valence-corrected chi connectivity index (χ3v) is 3.54. The largest absolute Gasteiger partial charge is 0.436 e. The van der Waals surface area contributed by atoms with Gasteiger partial charge in [-0.05, 0) is 42.3 Å². The first-order valence-corrected chi connectivity index (χ1v) is 6.91. The molecule has 0 unspecified atom stereocenters. The summed E-state index contributed by atoms with van der Waals surface area (Å²) >= 11 is 3.45. The molecule has 2 aromatic carbocycles. The first-order valence-electron chi connectivity index (χ1n) is 6.12. The first-order chi connectivity index (χ1) is 9.17. The molecule has 0 atom stereocenters. The number of nitrogen functional groups attached to an aromatic ring is 1. The maximum Gasteiger partial charge on any atom is 0.227 e. The lowest BCUT2D eigenvalue weighted by Crippen LogP contribution is -1.88. The van der Waals surface area contributed by atoms with Gasteiger partial charge in [0.2, 0.25) is 5.89 Å². The maximum atomic E-state index is 5.90. The standard InChI is InChI=1S/C15H13BrN2O/c1-2-9-7-12(17)8-13-14(9)19-15(18-13)10-4-3-5-11(16)6-10/h3-8H,2,17H2,1H3. The van der Waals surface area contributed by atoms with Crippen molar-refractivity contribution in [3.8, 4) is 11.5 Å². The number of aromatic nitrogens is 1. The summed E-state index contributed by atoms with van der Waals surface area (Å²) in [7, 11) is 0. The van der Waals surface area contributed by atoms with Gasteiger partial charge in [0.25, 0.3) is 0 Å². The molecular formula is C15H13BrN2O. The van der Waals surface area contributed by atoms with Gasteiger partial charge in [0.15, 0.2) is 5.58 Å². The van der Waals surface area contributed by atoms with E-state index in [9.17, 15) is 0 Å². The number of benzene rings is 2. The lowest BCUT2D eigenvalue weighted by Gasteiger charge is -1.99. The molecule has 0 saturated heterocycles. The molecule has 0 amide bonds. The molecule has 0 bridgehead atoms. The van der Waals surface area contributed by atoms with Crippen molar-refractivity contribution in [2.75, 3.05) is 5.73 Å². The summed E-state index contributed by atoms with van der Waals surface area (Å²) in [6.07, 6.45) is 0.870. The minimum Gasteiger partial charge on any atom is -0.436 e. The van der Waals surface area contributed by atoms with Crippen LogP contribution in [0.2, 0.25) is 0 Å². The molecule has 3 nitrogen and oxygen atoms in total. The molecule has 0 spiro atoms. The van der Waals surface area contributed by atoms with Crippen LogP contribution in [0.5, 0.6) is 0 Å². The van der Waals surface area contributed by atoms with Gasteiger partial charge in [0.05, 0.1) is 0 Å². The minimum atomic E-state index is 0.622. The number of anilines is 1. The van der Waals surface area contributed by atoms with Crippen LogP contribution in [0.1, 0.15) is 12.5 Å². The van der Waals surface area contributed by atoms with E-state index in [-0.39, 0.29) is 0 Å². The molecule has 1 aromatic heterocycles. The number of hydrogen-bond donors (Lipinski definition) is 1. The Morgan fingerprint density at radius 2 is 2.11 bits per heavy atom. The molecule has 0 aliphatic rings. The highest BCUT2D eigenvalue weighted by atomic mass is 79.9. The minimum absolute atomic E-state index is 0.622. The predicted octanol–water partition coefficient (Wildman–Crippen LogP) is 4.40. The summed E-state index contributed by atoms with van der Waals surface area (Å²) in [6.45, 7) is 2.08. The highest BCUT2D eigenvalue weighted by Crippen LogP contribution is 2.29. The van der Waals surface area contributed by atoms with E-state index in [4.69, 9.17) is 10.2 Å². The summed E-state index contributed by atoms with van der Waals surface area (Å²) < 4.78 is 6.90. The zero-order valence-corrected chi connectivity index (χ0v) is 12.1. The fourth-order valence-corrected chi connectivity index (χ4v) is 2.53. The van der Waals surface area contributed by atoms with Gasteiger partial charge in [0, 0.05) is 15.7 Å². The normalized spacial score (nSPS) is 11.1. The van der Waals surface area contributed by atoms with Gasteiger partial charge >= 0.3 is 0 Å². The number of rotatable bonds is 2. The van der Waals surface area contributed by atoms with Gasteiger partial charge in [-0.15, -0.1) is 0 Å². The molecule has 96 valence electrons. The molecule has 3 aromatic rings. The number of halogens is 1. The average molecular weight is 317 g/mol. The van der Waals surface area contributed by atoms with E-state index in [1.165, 1.54) is 0 Å². The van der Waals surface area contributed by atoms with Crippen molar-refractivity contribution < 1.29 is 4.42 Å². The average Bonchev–Trinajstić information content (AvgIpc) is 2.81. The smallest absolute Gasteiger partial charge is 0.227 e. The summed E-state index contributed by atoms with van der Waals surface area (Å²) in [5, 5.41) is 0. The summed E-state index contributed by atoms with van der Waals surface area (Å²) in [5.41, 5.74) is 10.3. The van der Waals surface area contributed by atoms with Gasteiger partial charge < -0.3 is 10.2 Å². The molecule has 1 heterocycles. The van der Waals surface area contributed by atoms with Crippen LogP contribution in [0.15, 0.2) is 45.3 Å². The molecule has 4 heteroatoms. The fourth-order valence-electron chi connectivity index (χ4n) is 2.13. The number of hydrogen-bond acceptors (Lipinski definition) is 3. The molecule has 0 saturated carbocycles. The zero-order valence-electron chi connectivity index (χ0n) is 10.5. The van der Waals surface area contributed by atoms with Gasteiger partial charge in [0.1, 0.15) is 5.52 Å². The summed E-state index contributed by atoms with van der Waals surface area (Å²) in [6, 6.07) is 11.7. The van der Waals surface area contributed by atoms with Gasteiger partial charge in [-0.25, -0.2) is 4.98 Å². The molecule has 0 fully saturated rings. The molecule has 0 aliphatic carbocycles. The molecule has 2 N–H and O–H groups in total. The quantitative estimate of drug-likeness (QED) is 0.713. The Morgan fingerprint density at radius 3 is 2.84 bits per heavy atom. The van der Waals surface area contributed by atoms with Crippen molar-refractivity contribution >= 4 is 32.7 Å². The Hall–Kier alpha value is -1.81. The van der Waals surface area contributed by atoms with Crippen LogP contribution >= 0.6 is 15.9 Å². The van der Waals surface area contributed by atoms with Crippen LogP contribution in [0.4, 0.5) is 5.69 Å². The number of nitrogens with two attached hydrogens (primary N) is 1. The highest BCUT2D eigenvalue weighted by molar-refractivity contribution is 9.10. The van der Waals surface area contributed by atoms with Crippen LogP contribution < -0.4 is 5.73 Å². The van der Waals surface area contributed by atoms with Gasteiger partial charge in [-0.2, -0.15) is 0 Å². The second kappa shape index (κ2) is 4.70. The Balaban J connectivity index is 2.21. The molecular weight excluding hydrogens is 304 g/mol. The van der Waals surface area contributed by atoms with E-state index in [2.05, 4.69) is 27.8 Å². The van der Waals surface area contributed by atoms with Crippen LogP contribution in [0, 0.1) is 0 Å². The molecule has 0 radical (unpaired) electrons. The zero-order chi connectivity index (χ0) is 13.4. The number of fused-ring (bicyclic) bond motifs is 1.